The summed E-state index contributed by atoms with van der Waals surface area (Å²) in [5.74, 6) is -3.01. The molecular formula is C39H46N8O6. The number of aromatic nitrogens is 2. The predicted octanol–water partition coefficient (Wildman–Crippen LogP) is 1.96. The van der Waals surface area contributed by atoms with E-state index in [0.717, 1.165) is 32.9 Å². The Kier molecular flexibility index (Phi) is 12.8. The standard InChI is InChI=1S/C39H46N8O6/c1-23(48)44-34(18-24-13-15-27(49)16-14-24)38(52)45-32(12-6-7-17-40)37(51)47-35(20-26-22-43-31-11-5-3-9-29(26)31)39(53)46-33(36(41)50)19-25-21-42-30-10-4-2-8-28(25)30/h2-5,8-11,13-16,21-22,32-35,42-43,49H,6-7,12,17-20,40H2,1H3,(H2,41,50)(H,44,48)(H,45,52)(H,46,53)(H,47,51)/t32-,33-,34-,35-/m0/s1. The van der Waals surface area contributed by atoms with Gasteiger partial charge in [0.15, 0.2) is 0 Å². The van der Waals surface area contributed by atoms with Gasteiger partial charge in [-0.25, -0.2) is 0 Å². The average molecular weight is 723 g/mol. The third-order valence-corrected chi connectivity index (χ3v) is 9.14. The van der Waals surface area contributed by atoms with Crippen LogP contribution in [0.15, 0.2) is 85.2 Å². The van der Waals surface area contributed by atoms with E-state index in [0.29, 0.717) is 24.9 Å². The van der Waals surface area contributed by atoms with Crippen molar-refractivity contribution in [2.45, 2.75) is 69.6 Å². The fraction of sp³-hybridized carbons (Fsp3) is 0.308. The maximum absolute atomic E-state index is 14.1. The Morgan fingerprint density at radius 3 is 1.68 bits per heavy atom. The predicted molar refractivity (Wildman–Crippen MR) is 201 cm³/mol. The van der Waals surface area contributed by atoms with E-state index in [-0.39, 0.29) is 31.4 Å². The van der Waals surface area contributed by atoms with E-state index in [2.05, 4.69) is 31.2 Å². The second-order valence-corrected chi connectivity index (χ2v) is 13.1. The van der Waals surface area contributed by atoms with Crippen molar-refractivity contribution >= 4 is 51.3 Å². The van der Waals surface area contributed by atoms with Gasteiger partial charge < -0.3 is 47.8 Å². The number of carbonyl (C=O) groups is 5. The van der Waals surface area contributed by atoms with E-state index in [1.165, 1.54) is 19.1 Å². The Hall–Kier alpha value is -6.15. The summed E-state index contributed by atoms with van der Waals surface area (Å²) < 4.78 is 0. The Labute approximate surface area is 306 Å². The maximum atomic E-state index is 14.1. The van der Waals surface area contributed by atoms with Gasteiger partial charge in [0.05, 0.1) is 0 Å². The number of aromatic hydroxyl groups is 1. The zero-order valence-electron chi connectivity index (χ0n) is 29.5. The third kappa shape index (κ3) is 10.2. The Morgan fingerprint density at radius 1 is 0.642 bits per heavy atom. The highest BCUT2D eigenvalue weighted by atomic mass is 16.3. The number of primary amides is 1. The molecule has 14 heteroatoms. The van der Waals surface area contributed by atoms with Gasteiger partial charge in [-0.1, -0.05) is 48.5 Å². The number of phenolic OH excluding ortho intramolecular Hbond substituents is 1. The van der Waals surface area contributed by atoms with E-state index in [1.54, 1.807) is 24.5 Å². The number of hydrogen-bond acceptors (Lipinski definition) is 7. The zero-order chi connectivity index (χ0) is 37.9. The molecule has 0 aliphatic carbocycles. The number of hydrogen-bond donors (Lipinski definition) is 9. The third-order valence-electron chi connectivity index (χ3n) is 9.14. The van der Waals surface area contributed by atoms with Crippen LogP contribution in [-0.2, 0) is 43.2 Å². The molecule has 0 spiro atoms. The van der Waals surface area contributed by atoms with Gasteiger partial charge in [-0.15, -0.1) is 0 Å². The molecule has 5 aromatic rings. The summed E-state index contributed by atoms with van der Waals surface area (Å²) in [6.07, 6.45) is 5.06. The van der Waals surface area contributed by atoms with Crippen LogP contribution in [0, 0.1) is 0 Å². The lowest BCUT2D eigenvalue weighted by atomic mass is 10.0. The average Bonchev–Trinajstić information content (AvgIpc) is 3.74. The maximum Gasteiger partial charge on any atom is 0.243 e. The number of carbonyl (C=O) groups excluding carboxylic acids is 5. The van der Waals surface area contributed by atoms with E-state index in [9.17, 15) is 29.1 Å². The molecule has 0 unspecified atom stereocenters. The van der Waals surface area contributed by atoms with Crippen LogP contribution in [0.2, 0.25) is 0 Å². The number of nitrogens with two attached hydrogens (primary N) is 2. The molecule has 0 aliphatic rings. The van der Waals surface area contributed by atoms with Crippen molar-refractivity contribution in [2.75, 3.05) is 6.54 Å². The number of fused-ring (bicyclic) bond motifs is 2. The molecule has 14 nitrogen and oxygen atoms in total. The first-order chi connectivity index (χ1) is 25.5. The second-order valence-electron chi connectivity index (χ2n) is 13.1. The normalized spacial score (nSPS) is 13.5. The lowest BCUT2D eigenvalue weighted by Crippen LogP contribution is -2.59. The molecule has 0 radical (unpaired) electrons. The minimum atomic E-state index is -1.18. The van der Waals surface area contributed by atoms with Gasteiger partial charge >= 0.3 is 0 Å². The summed E-state index contributed by atoms with van der Waals surface area (Å²) in [6, 6.07) is 16.9. The Morgan fingerprint density at radius 2 is 1.13 bits per heavy atom. The summed E-state index contributed by atoms with van der Waals surface area (Å²) in [4.78, 5) is 73.0. The van der Waals surface area contributed by atoms with Crippen LogP contribution < -0.4 is 32.7 Å². The molecule has 2 heterocycles. The molecule has 4 atom stereocenters. The summed E-state index contributed by atoms with van der Waals surface area (Å²) in [5, 5.41) is 22.4. The van der Waals surface area contributed by atoms with Gasteiger partial charge in [0, 0.05) is 60.4 Å². The van der Waals surface area contributed by atoms with Gasteiger partial charge in [-0.05, 0) is 66.8 Å². The van der Waals surface area contributed by atoms with Crippen molar-refractivity contribution in [3.8, 4) is 5.75 Å². The van der Waals surface area contributed by atoms with Gasteiger partial charge in [0.1, 0.15) is 29.9 Å². The fourth-order valence-corrected chi connectivity index (χ4v) is 6.37. The Balaban J connectivity index is 1.39. The van der Waals surface area contributed by atoms with Crippen LogP contribution >= 0.6 is 0 Å². The quantitative estimate of drug-likeness (QED) is 0.0609. The number of benzene rings is 3. The van der Waals surface area contributed by atoms with Gasteiger partial charge in [0.25, 0.3) is 0 Å². The molecule has 0 aliphatic heterocycles. The number of rotatable bonds is 18. The molecule has 0 saturated carbocycles. The van der Waals surface area contributed by atoms with E-state index in [1.807, 2.05) is 48.5 Å². The lowest BCUT2D eigenvalue weighted by molar-refractivity contribution is -0.134. The van der Waals surface area contributed by atoms with Crippen LogP contribution in [-0.4, -0.2) is 75.3 Å². The van der Waals surface area contributed by atoms with Crippen LogP contribution in [0.3, 0.4) is 0 Å². The van der Waals surface area contributed by atoms with E-state index < -0.39 is 53.7 Å². The zero-order valence-corrected chi connectivity index (χ0v) is 29.5. The van der Waals surface area contributed by atoms with Gasteiger partial charge in [-0.3, -0.25) is 24.0 Å². The monoisotopic (exact) mass is 722 g/mol. The van der Waals surface area contributed by atoms with Crippen LogP contribution in [0.5, 0.6) is 5.75 Å². The number of nitrogens with one attached hydrogen (secondary N) is 6. The number of para-hydroxylation sites is 2. The lowest BCUT2D eigenvalue weighted by Gasteiger charge is -2.26. The molecule has 0 fully saturated rings. The topological polar surface area (TPSA) is 237 Å². The summed E-state index contributed by atoms with van der Waals surface area (Å²) in [5.41, 5.74) is 15.4. The SMILES string of the molecule is CC(=O)N[C@@H](Cc1ccc(O)cc1)C(=O)N[C@@H](CCCCN)C(=O)N[C@@H](Cc1c[nH]c2ccccc12)C(=O)N[C@@H](Cc1c[nH]c2ccccc12)C(N)=O. The minimum Gasteiger partial charge on any atom is -0.508 e. The largest absolute Gasteiger partial charge is 0.508 e. The number of amides is 5. The number of H-pyrrole nitrogens is 2. The van der Waals surface area contributed by atoms with Crippen molar-refractivity contribution in [1.82, 2.24) is 31.2 Å². The Bertz CT molecular complexity index is 2060. The molecule has 11 N–H and O–H groups in total. The highest BCUT2D eigenvalue weighted by Crippen LogP contribution is 2.21. The smallest absolute Gasteiger partial charge is 0.243 e. The van der Waals surface area contributed by atoms with Crippen LogP contribution in [0.4, 0.5) is 0 Å². The fourth-order valence-electron chi connectivity index (χ4n) is 6.37. The highest BCUT2D eigenvalue weighted by Gasteiger charge is 2.32. The van der Waals surface area contributed by atoms with Gasteiger partial charge in [-0.2, -0.15) is 0 Å². The summed E-state index contributed by atoms with van der Waals surface area (Å²) in [7, 11) is 0. The van der Waals surface area contributed by atoms with Crippen molar-refractivity contribution in [1.29, 1.82) is 0 Å². The van der Waals surface area contributed by atoms with Crippen molar-refractivity contribution in [3.63, 3.8) is 0 Å². The molecule has 0 saturated heterocycles. The number of phenols is 1. The van der Waals surface area contributed by atoms with Crippen LogP contribution in [0.25, 0.3) is 21.8 Å². The van der Waals surface area contributed by atoms with Crippen LogP contribution in [0.1, 0.15) is 42.9 Å². The van der Waals surface area contributed by atoms with Crippen molar-refractivity contribution in [2.24, 2.45) is 11.5 Å². The molecule has 5 rings (SSSR count). The number of unbranched alkanes of at least 4 members (excludes halogenated alkanes) is 1. The number of aromatic amines is 2. The van der Waals surface area contributed by atoms with Crippen molar-refractivity contribution in [3.05, 3.63) is 102 Å². The molecule has 2 aromatic heterocycles. The minimum absolute atomic E-state index is 0.0530. The van der Waals surface area contributed by atoms with Crippen molar-refractivity contribution < 1.29 is 29.1 Å². The molecular weight excluding hydrogens is 676 g/mol. The van der Waals surface area contributed by atoms with E-state index >= 15 is 0 Å². The molecule has 278 valence electrons. The first-order valence-electron chi connectivity index (χ1n) is 17.6. The summed E-state index contributed by atoms with van der Waals surface area (Å²) >= 11 is 0. The van der Waals surface area contributed by atoms with Gasteiger partial charge in [0.2, 0.25) is 29.5 Å². The molecule has 53 heavy (non-hydrogen) atoms. The first-order valence-corrected chi connectivity index (χ1v) is 17.6. The highest BCUT2D eigenvalue weighted by molar-refractivity contribution is 5.96. The summed E-state index contributed by atoms with van der Waals surface area (Å²) in [6.45, 7) is 1.66. The molecule has 3 aromatic carbocycles. The second kappa shape index (κ2) is 17.9. The first kappa shape index (κ1) is 38.1. The molecule has 0 bridgehead atoms. The van der Waals surface area contributed by atoms with E-state index in [4.69, 9.17) is 11.5 Å². The molecule has 5 amide bonds.